The van der Waals surface area contributed by atoms with E-state index >= 15 is 0 Å². The number of nitrogens with one attached hydrogen (secondary N) is 2. The average Bonchev–Trinajstić information content (AvgIpc) is 2.96. The van der Waals surface area contributed by atoms with E-state index in [9.17, 15) is 0 Å². The Morgan fingerprint density at radius 1 is 0.757 bits per heavy atom. The van der Waals surface area contributed by atoms with Crippen LogP contribution in [0.2, 0.25) is 0 Å². The van der Waals surface area contributed by atoms with Gasteiger partial charge < -0.3 is 20.1 Å². The quantitative estimate of drug-likeness (QED) is 0.364. The maximum absolute atomic E-state index is 5.46. The third-order valence-corrected chi connectivity index (χ3v) is 7.30. The molecule has 0 radical (unpaired) electrons. The maximum Gasteiger partial charge on any atom is 0.0730 e. The van der Waals surface area contributed by atoms with Crippen LogP contribution in [-0.2, 0) is 16.0 Å². The fourth-order valence-corrected chi connectivity index (χ4v) is 5.10. The molecule has 3 aromatic rings. The number of hydrogen-bond donors (Lipinski definition) is 2. The highest BCUT2D eigenvalue weighted by atomic mass is 16.5. The lowest BCUT2D eigenvalue weighted by Gasteiger charge is -2.26. The van der Waals surface area contributed by atoms with E-state index in [4.69, 9.17) is 14.5 Å². The summed E-state index contributed by atoms with van der Waals surface area (Å²) in [6.45, 7) is 12.8. The van der Waals surface area contributed by atoms with Crippen LogP contribution in [0, 0.1) is 0 Å². The Morgan fingerprint density at radius 2 is 1.41 bits per heavy atom. The van der Waals surface area contributed by atoms with Crippen molar-refractivity contribution in [2.24, 2.45) is 0 Å². The van der Waals surface area contributed by atoms with Crippen molar-refractivity contribution < 1.29 is 9.47 Å². The molecule has 2 fully saturated rings. The lowest BCUT2D eigenvalue weighted by atomic mass is 10.1. The summed E-state index contributed by atoms with van der Waals surface area (Å²) in [5.41, 5.74) is 5.66. The Morgan fingerprint density at radius 3 is 2.11 bits per heavy atom. The molecule has 198 valence electrons. The molecule has 2 aliphatic heterocycles. The van der Waals surface area contributed by atoms with Crippen molar-refractivity contribution >= 4 is 16.6 Å². The molecule has 0 unspecified atom stereocenters. The van der Waals surface area contributed by atoms with Gasteiger partial charge >= 0.3 is 0 Å². The molecular formula is C30H41N5O2. The predicted octanol–water partition coefficient (Wildman–Crippen LogP) is 3.85. The molecule has 0 atom stereocenters. The number of ether oxygens (including phenoxy) is 2. The van der Waals surface area contributed by atoms with E-state index in [1.54, 1.807) is 0 Å². The Bertz CT molecular complexity index is 1090. The van der Waals surface area contributed by atoms with E-state index in [-0.39, 0.29) is 0 Å². The molecule has 37 heavy (non-hydrogen) atoms. The Kier molecular flexibility index (Phi) is 9.75. The Balaban J connectivity index is 1.14. The topological polar surface area (TPSA) is 61.9 Å². The third-order valence-electron chi connectivity index (χ3n) is 7.30. The molecule has 0 amide bonds. The number of hydrogen-bond acceptors (Lipinski definition) is 7. The minimum Gasteiger partial charge on any atom is -0.384 e. The van der Waals surface area contributed by atoms with Crippen molar-refractivity contribution in [3.8, 4) is 11.3 Å². The van der Waals surface area contributed by atoms with Gasteiger partial charge in [-0.05, 0) is 50.2 Å². The van der Waals surface area contributed by atoms with Gasteiger partial charge in [-0.25, -0.2) is 4.98 Å². The number of fused-ring (bicyclic) bond motifs is 1. The zero-order valence-electron chi connectivity index (χ0n) is 22.0. The molecule has 7 nitrogen and oxygen atoms in total. The minimum absolute atomic E-state index is 0.857. The third kappa shape index (κ3) is 7.72. The summed E-state index contributed by atoms with van der Waals surface area (Å²) in [5, 5.41) is 8.46. The average molecular weight is 504 g/mol. The van der Waals surface area contributed by atoms with Crippen LogP contribution >= 0.6 is 0 Å². The number of rotatable bonds is 12. The second-order valence-corrected chi connectivity index (χ2v) is 9.99. The summed E-state index contributed by atoms with van der Waals surface area (Å²) >= 11 is 0. The van der Waals surface area contributed by atoms with Crippen LogP contribution in [0.1, 0.15) is 18.4 Å². The Hall–Kier alpha value is -2.55. The van der Waals surface area contributed by atoms with E-state index in [0.717, 1.165) is 114 Å². The van der Waals surface area contributed by atoms with Crippen molar-refractivity contribution in [1.82, 2.24) is 20.1 Å². The normalized spacial score (nSPS) is 17.3. The van der Waals surface area contributed by atoms with Crippen molar-refractivity contribution in [1.29, 1.82) is 0 Å². The van der Waals surface area contributed by atoms with E-state index in [1.165, 1.54) is 17.4 Å². The molecule has 2 aliphatic rings. The zero-order valence-corrected chi connectivity index (χ0v) is 22.0. The second kappa shape index (κ2) is 13.8. The molecular weight excluding hydrogens is 462 g/mol. The van der Waals surface area contributed by atoms with Gasteiger partial charge in [-0.3, -0.25) is 9.80 Å². The zero-order chi connectivity index (χ0) is 25.1. The molecule has 0 bridgehead atoms. The number of pyridine rings is 1. The summed E-state index contributed by atoms with van der Waals surface area (Å²) in [6, 6.07) is 19.5. The van der Waals surface area contributed by atoms with Crippen LogP contribution in [0.15, 0.2) is 54.6 Å². The first-order chi connectivity index (χ1) is 18.3. The first kappa shape index (κ1) is 26.1. The van der Waals surface area contributed by atoms with E-state index < -0.39 is 0 Å². The standard InChI is InChI=1S/C30H41N5O2/c1-2-6-28-27(5-1)30(32-12-4-14-35-17-21-37-22-18-35)23-29(33-28)26-9-7-25(8-10-26)24-31-11-3-13-34-15-19-36-20-16-34/h1-2,5-10,23,31H,3-4,11-22,24H2,(H,32,33). The van der Waals surface area contributed by atoms with E-state index in [0.29, 0.717) is 0 Å². The summed E-state index contributed by atoms with van der Waals surface area (Å²) in [4.78, 5) is 9.95. The van der Waals surface area contributed by atoms with E-state index in [1.807, 2.05) is 0 Å². The van der Waals surface area contributed by atoms with Gasteiger partial charge in [0.25, 0.3) is 0 Å². The fourth-order valence-electron chi connectivity index (χ4n) is 5.10. The van der Waals surface area contributed by atoms with Crippen LogP contribution in [0.25, 0.3) is 22.2 Å². The number of anilines is 1. The van der Waals surface area contributed by atoms with Gasteiger partial charge in [0.05, 0.1) is 37.6 Å². The molecule has 0 spiro atoms. The van der Waals surface area contributed by atoms with Crippen molar-refractivity contribution in [2.75, 3.05) is 84.1 Å². The van der Waals surface area contributed by atoms with Crippen molar-refractivity contribution in [2.45, 2.75) is 19.4 Å². The van der Waals surface area contributed by atoms with E-state index in [2.05, 4.69) is 75.0 Å². The molecule has 5 rings (SSSR count). The van der Waals surface area contributed by atoms with Crippen molar-refractivity contribution in [3.05, 3.63) is 60.2 Å². The molecule has 2 saturated heterocycles. The highest BCUT2D eigenvalue weighted by Crippen LogP contribution is 2.28. The van der Waals surface area contributed by atoms with Gasteiger partial charge in [-0.1, -0.05) is 42.5 Å². The minimum atomic E-state index is 0.857. The Labute approximate surface area is 221 Å². The number of benzene rings is 2. The lowest BCUT2D eigenvalue weighted by Crippen LogP contribution is -2.37. The van der Waals surface area contributed by atoms with Crippen LogP contribution < -0.4 is 10.6 Å². The smallest absolute Gasteiger partial charge is 0.0730 e. The second-order valence-electron chi connectivity index (χ2n) is 9.99. The van der Waals surface area contributed by atoms with Crippen LogP contribution in [0.4, 0.5) is 5.69 Å². The molecule has 3 heterocycles. The number of nitrogens with zero attached hydrogens (tertiary/aromatic N) is 3. The highest BCUT2D eigenvalue weighted by molar-refractivity contribution is 5.93. The summed E-state index contributed by atoms with van der Waals surface area (Å²) < 4.78 is 10.9. The van der Waals surface area contributed by atoms with Crippen LogP contribution in [0.5, 0.6) is 0 Å². The monoisotopic (exact) mass is 503 g/mol. The van der Waals surface area contributed by atoms with Gasteiger partial charge in [0.2, 0.25) is 0 Å². The summed E-state index contributed by atoms with van der Waals surface area (Å²) in [6.07, 6.45) is 2.28. The lowest BCUT2D eigenvalue weighted by molar-refractivity contribution is 0.0374. The largest absolute Gasteiger partial charge is 0.384 e. The first-order valence-electron chi connectivity index (χ1n) is 13.9. The molecule has 7 heteroatoms. The molecule has 1 aromatic heterocycles. The molecule has 0 aliphatic carbocycles. The summed E-state index contributed by atoms with van der Waals surface area (Å²) in [7, 11) is 0. The molecule has 2 N–H and O–H groups in total. The molecule has 2 aromatic carbocycles. The van der Waals surface area contributed by atoms with Gasteiger partial charge in [-0.15, -0.1) is 0 Å². The first-order valence-corrected chi connectivity index (χ1v) is 13.9. The molecule has 0 saturated carbocycles. The maximum atomic E-state index is 5.46. The fraction of sp³-hybridized carbons (Fsp3) is 0.500. The summed E-state index contributed by atoms with van der Waals surface area (Å²) in [5.74, 6) is 0. The predicted molar refractivity (Wildman–Crippen MR) is 151 cm³/mol. The number of para-hydroxylation sites is 1. The van der Waals surface area contributed by atoms with Crippen molar-refractivity contribution in [3.63, 3.8) is 0 Å². The van der Waals surface area contributed by atoms with Crippen LogP contribution in [0.3, 0.4) is 0 Å². The van der Waals surface area contributed by atoms with Crippen LogP contribution in [-0.4, -0.2) is 93.6 Å². The highest BCUT2D eigenvalue weighted by Gasteiger charge is 2.11. The SMILES string of the molecule is c1ccc2c(NCCCN3CCOCC3)cc(-c3ccc(CNCCCN4CCOCC4)cc3)nc2c1. The van der Waals surface area contributed by atoms with Gasteiger partial charge in [0, 0.05) is 55.9 Å². The van der Waals surface area contributed by atoms with Gasteiger partial charge in [-0.2, -0.15) is 0 Å². The number of aromatic nitrogens is 1. The number of morpholine rings is 2. The van der Waals surface area contributed by atoms with Gasteiger partial charge in [0.1, 0.15) is 0 Å². The van der Waals surface area contributed by atoms with Gasteiger partial charge in [0.15, 0.2) is 0 Å².